The predicted octanol–water partition coefficient (Wildman–Crippen LogP) is 2.65. The number of fused-ring (bicyclic) bond motifs is 2. The standard InChI is InChI=1S/C23H24N6O2/c1-2-29-21(30)17-9-4-3-8-16(17)20(26-29)22(31)27-12-7-13-28(15-14-27)23-24-18-10-5-6-11-19(18)25-23/h3-6,8-11H,2,7,12-15H2,1H3,(H,24,25). The lowest BCUT2D eigenvalue weighted by atomic mass is 10.1. The number of nitrogens with one attached hydrogen (secondary N) is 1. The predicted molar refractivity (Wildman–Crippen MR) is 121 cm³/mol. The Bertz CT molecular complexity index is 1290. The van der Waals surface area contributed by atoms with Crippen molar-refractivity contribution in [1.29, 1.82) is 0 Å². The van der Waals surface area contributed by atoms with Gasteiger partial charge in [-0.3, -0.25) is 9.59 Å². The van der Waals surface area contributed by atoms with Crippen molar-refractivity contribution >= 4 is 33.7 Å². The van der Waals surface area contributed by atoms with E-state index in [2.05, 4.69) is 15.0 Å². The molecule has 0 aliphatic carbocycles. The summed E-state index contributed by atoms with van der Waals surface area (Å²) >= 11 is 0. The molecule has 0 unspecified atom stereocenters. The van der Waals surface area contributed by atoms with Gasteiger partial charge in [0.15, 0.2) is 5.69 Å². The van der Waals surface area contributed by atoms with E-state index in [9.17, 15) is 9.59 Å². The summed E-state index contributed by atoms with van der Waals surface area (Å²) in [5.41, 5.74) is 2.12. The van der Waals surface area contributed by atoms with Gasteiger partial charge >= 0.3 is 0 Å². The number of aromatic amines is 1. The zero-order valence-electron chi connectivity index (χ0n) is 17.4. The maximum absolute atomic E-state index is 13.4. The third-order valence-corrected chi connectivity index (χ3v) is 5.83. The van der Waals surface area contributed by atoms with Crippen molar-refractivity contribution in [3.8, 4) is 0 Å². The van der Waals surface area contributed by atoms with Crippen LogP contribution >= 0.6 is 0 Å². The highest BCUT2D eigenvalue weighted by atomic mass is 16.2. The Kier molecular flexibility index (Phi) is 4.89. The second kappa shape index (κ2) is 7.86. The van der Waals surface area contributed by atoms with E-state index >= 15 is 0 Å². The summed E-state index contributed by atoms with van der Waals surface area (Å²) in [5, 5.41) is 5.55. The van der Waals surface area contributed by atoms with Gasteiger partial charge in [-0.1, -0.05) is 30.3 Å². The number of rotatable bonds is 3. The molecule has 8 nitrogen and oxygen atoms in total. The van der Waals surface area contributed by atoms with Gasteiger partial charge in [-0.05, 0) is 31.5 Å². The first-order valence-electron chi connectivity index (χ1n) is 10.6. The first kappa shape index (κ1) is 19.3. The summed E-state index contributed by atoms with van der Waals surface area (Å²) in [6.45, 7) is 4.97. The van der Waals surface area contributed by atoms with E-state index in [0.717, 1.165) is 29.9 Å². The van der Waals surface area contributed by atoms with Crippen LogP contribution in [0.3, 0.4) is 0 Å². The lowest BCUT2D eigenvalue weighted by molar-refractivity contribution is 0.0760. The molecular weight excluding hydrogens is 392 g/mol. The first-order chi connectivity index (χ1) is 15.2. The fraction of sp³-hybridized carbons (Fsp3) is 0.304. The molecule has 0 atom stereocenters. The number of benzene rings is 2. The SMILES string of the molecule is CCn1nc(C(=O)N2CCCN(c3nc4ccccc4[nH]3)CC2)c2ccccc2c1=O. The van der Waals surface area contributed by atoms with Crippen LogP contribution in [-0.4, -0.2) is 56.7 Å². The summed E-state index contributed by atoms with van der Waals surface area (Å²) in [4.78, 5) is 38.1. The number of H-pyrrole nitrogens is 1. The summed E-state index contributed by atoms with van der Waals surface area (Å²) < 4.78 is 1.37. The molecule has 1 amide bonds. The second-order valence-corrected chi connectivity index (χ2v) is 7.73. The van der Waals surface area contributed by atoms with E-state index in [1.54, 1.807) is 12.1 Å². The van der Waals surface area contributed by atoms with Crippen LogP contribution in [0.15, 0.2) is 53.3 Å². The van der Waals surface area contributed by atoms with Gasteiger partial charge in [-0.2, -0.15) is 5.10 Å². The number of amides is 1. The Morgan fingerprint density at radius 1 is 1.00 bits per heavy atom. The van der Waals surface area contributed by atoms with Crippen molar-refractivity contribution in [3.63, 3.8) is 0 Å². The Labute approximate surface area is 179 Å². The minimum Gasteiger partial charge on any atom is -0.341 e. The summed E-state index contributed by atoms with van der Waals surface area (Å²) in [6, 6.07) is 15.2. The van der Waals surface area contributed by atoms with E-state index in [1.807, 2.05) is 48.2 Å². The van der Waals surface area contributed by atoms with E-state index in [0.29, 0.717) is 42.6 Å². The zero-order valence-corrected chi connectivity index (χ0v) is 17.4. The number of aromatic nitrogens is 4. The summed E-state index contributed by atoms with van der Waals surface area (Å²) in [7, 11) is 0. The Morgan fingerprint density at radius 2 is 1.77 bits per heavy atom. The largest absolute Gasteiger partial charge is 0.341 e. The number of hydrogen-bond donors (Lipinski definition) is 1. The van der Waals surface area contributed by atoms with Crippen molar-refractivity contribution in [1.82, 2.24) is 24.6 Å². The molecule has 0 spiro atoms. The third-order valence-electron chi connectivity index (χ3n) is 5.83. The van der Waals surface area contributed by atoms with Crippen molar-refractivity contribution in [2.24, 2.45) is 0 Å². The van der Waals surface area contributed by atoms with E-state index < -0.39 is 0 Å². The fourth-order valence-electron chi connectivity index (χ4n) is 4.18. The number of imidazole rings is 1. The number of nitrogens with zero attached hydrogens (tertiary/aromatic N) is 5. The van der Waals surface area contributed by atoms with E-state index in [1.165, 1.54) is 4.68 Å². The molecule has 158 valence electrons. The van der Waals surface area contributed by atoms with E-state index in [-0.39, 0.29) is 11.5 Å². The van der Waals surface area contributed by atoms with Crippen LogP contribution in [0.5, 0.6) is 0 Å². The number of carbonyl (C=O) groups is 1. The molecule has 1 aliphatic rings. The van der Waals surface area contributed by atoms with Gasteiger partial charge in [0.05, 0.1) is 16.4 Å². The average Bonchev–Trinajstić information content (AvgIpc) is 3.08. The normalized spacial score (nSPS) is 14.9. The zero-order chi connectivity index (χ0) is 21.4. The van der Waals surface area contributed by atoms with Gasteiger partial charge in [0.1, 0.15) is 0 Å². The Morgan fingerprint density at radius 3 is 2.58 bits per heavy atom. The van der Waals surface area contributed by atoms with Gasteiger partial charge in [0, 0.05) is 38.1 Å². The number of hydrogen-bond acceptors (Lipinski definition) is 5. The van der Waals surface area contributed by atoms with Gasteiger partial charge < -0.3 is 14.8 Å². The van der Waals surface area contributed by atoms with Crippen LogP contribution in [0, 0.1) is 0 Å². The molecular formula is C23H24N6O2. The quantitative estimate of drug-likeness (QED) is 0.555. The molecule has 0 bridgehead atoms. The highest BCUT2D eigenvalue weighted by Gasteiger charge is 2.25. The smallest absolute Gasteiger partial charge is 0.275 e. The average molecular weight is 416 g/mol. The lowest BCUT2D eigenvalue weighted by Crippen LogP contribution is -2.37. The van der Waals surface area contributed by atoms with Crippen LogP contribution in [-0.2, 0) is 6.54 Å². The minimum absolute atomic E-state index is 0.134. The molecule has 8 heteroatoms. The molecule has 0 radical (unpaired) electrons. The number of aryl methyl sites for hydroxylation is 1. The maximum atomic E-state index is 13.4. The number of carbonyl (C=O) groups excluding carboxylic acids is 1. The third kappa shape index (κ3) is 3.43. The minimum atomic E-state index is -0.165. The highest BCUT2D eigenvalue weighted by Crippen LogP contribution is 2.20. The van der Waals surface area contributed by atoms with Gasteiger partial charge in [0.2, 0.25) is 5.95 Å². The van der Waals surface area contributed by atoms with Gasteiger partial charge in [0.25, 0.3) is 11.5 Å². The van der Waals surface area contributed by atoms with Crippen molar-refractivity contribution < 1.29 is 4.79 Å². The van der Waals surface area contributed by atoms with Crippen molar-refractivity contribution in [2.45, 2.75) is 19.9 Å². The second-order valence-electron chi connectivity index (χ2n) is 7.73. The molecule has 1 fully saturated rings. The Hall–Kier alpha value is -3.68. The molecule has 1 N–H and O–H groups in total. The topological polar surface area (TPSA) is 87.1 Å². The molecule has 2 aromatic heterocycles. The van der Waals surface area contributed by atoms with E-state index in [4.69, 9.17) is 4.98 Å². The van der Waals surface area contributed by atoms with Crippen LogP contribution in [0.25, 0.3) is 21.8 Å². The summed E-state index contributed by atoms with van der Waals surface area (Å²) in [5.74, 6) is 0.698. The first-order valence-corrected chi connectivity index (χ1v) is 10.6. The molecule has 4 aromatic rings. The van der Waals surface area contributed by atoms with Crippen LogP contribution < -0.4 is 10.5 Å². The summed E-state index contributed by atoms with van der Waals surface area (Å²) in [6.07, 6.45) is 0.828. The molecule has 5 rings (SSSR count). The molecule has 1 aliphatic heterocycles. The van der Waals surface area contributed by atoms with Gasteiger partial charge in [-0.25, -0.2) is 9.67 Å². The van der Waals surface area contributed by atoms with Crippen LogP contribution in [0.4, 0.5) is 5.95 Å². The number of anilines is 1. The Balaban J connectivity index is 1.42. The monoisotopic (exact) mass is 416 g/mol. The lowest BCUT2D eigenvalue weighted by Gasteiger charge is -2.22. The molecule has 1 saturated heterocycles. The van der Waals surface area contributed by atoms with Crippen molar-refractivity contribution in [2.75, 3.05) is 31.1 Å². The molecule has 0 saturated carbocycles. The molecule has 31 heavy (non-hydrogen) atoms. The molecule has 3 heterocycles. The maximum Gasteiger partial charge on any atom is 0.275 e. The van der Waals surface area contributed by atoms with Crippen molar-refractivity contribution in [3.05, 3.63) is 64.6 Å². The van der Waals surface area contributed by atoms with Gasteiger partial charge in [-0.15, -0.1) is 0 Å². The van der Waals surface area contributed by atoms with Crippen LogP contribution in [0.2, 0.25) is 0 Å². The molecule has 2 aromatic carbocycles. The fourth-order valence-corrected chi connectivity index (χ4v) is 4.18. The highest BCUT2D eigenvalue weighted by molar-refractivity contribution is 6.04. The van der Waals surface area contributed by atoms with Crippen LogP contribution in [0.1, 0.15) is 23.8 Å². The number of para-hydroxylation sites is 2.